The number of nitrogens with two attached hydrogens (primary N) is 1. The van der Waals surface area contributed by atoms with Gasteiger partial charge in [-0.25, -0.2) is 4.79 Å². The highest BCUT2D eigenvalue weighted by atomic mass is 32.2. The van der Waals surface area contributed by atoms with Crippen molar-refractivity contribution in [2.45, 2.75) is 42.1 Å². The predicted molar refractivity (Wildman–Crippen MR) is 89.0 cm³/mol. The van der Waals surface area contributed by atoms with Gasteiger partial charge in [0.25, 0.3) is 0 Å². The number of fused-ring (bicyclic) bond motifs is 1. The van der Waals surface area contributed by atoms with E-state index in [0.29, 0.717) is 5.56 Å². The third-order valence-corrected chi connectivity index (χ3v) is 5.99. The molecule has 2 saturated heterocycles. The minimum atomic E-state index is -1.03. The van der Waals surface area contributed by atoms with Gasteiger partial charge in [0.2, 0.25) is 11.8 Å². The third kappa shape index (κ3) is 2.55. The van der Waals surface area contributed by atoms with E-state index in [4.69, 9.17) is 5.73 Å². The van der Waals surface area contributed by atoms with Crippen LogP contribution in [0.25, 0.3) is 0 Å². The highest BCUT2D eigenvalue weighted by Crippen LogP contribution is 2.50. The number of nitrogens with zero attached hydrogens (tertiary/aromatic N) is 1. The van der Waals surface area contributed by atoms with Crippen LogP contribution < -0.4 is 11.1 Å². The Kier molecular flexibility index (Phi) is 4.05. The summed E-state index contributed by atoms with van der Waals surface area (Å²) in [5, 5.41) is 11.7. The predicted octanol–water partition coefficient (Wildman–Crippen LogP) is 0.318. The minimum absolute atomic E-state index is 0.375. The fourth-order valence-electron chi connectivity index (χ4n) is 3.20. The van der Waals surface area contributed by atoms with Gasteiger partial charge in [0.1, 0.15) is 23.5 Å². The first-order valence-electron chi connectivity index (χ1n) is 7.58. The number of aliphatic carboxylic acids is 1. The van der Waals surface area contributed by atoms with Crippen molar-refractivity contribution in [2.24, 2.45) is 5.73 Å². The van der Waals surface area contributed by atoms with Crippen LogP contribution in [-0.4, -0.2) is 50.0 Å². The second-order valence-corrected chi connectivity index (χ2v) is 8.24. The van der Waals surface area contributed by atoms with Crippen LogP contribution in [-0.2, 0) is 14.4 Å². The number of amides is 2. The molecule has 128 valence electrons. The first kappa shape index (κ1) is 16.8. The summed E-state index contributed by atoms with van der Waals surface area (Å²) in [6.07, 6.45) is 0. The van der Waals surface area contributed by atoms with Crippen molar-refractivity contribution < 1.29 is 19.5 Å². The van der Waals surface area contributed by atoms with Crippen molar-refractivity contribution in [1.29, 1.82) is 0 Å². The van der Waals surface area contributed by atoms with E-state index in [9.17, 15) is 19.5 Å². The molecule has 1 aromatic rings. The molecule has 0 bridgehead atoms. The van der Waals surface area contributed by atoms with Crippen molar-refractivity contribution in [3.05, 3.63) is 35.9 Å². The van der Waals surface area contributed by atoms with Gasteiger partial charge in [-0.1, -0.05) is 30.3 Å². The second-order valence-electron chi connectivity index (χ2n) is 6.47. The zero-order valence-corrected chi connectivity index (χ0v) is 14.1. The van der Waals surface area contributed by atoms with Gasteiger partial charge in [0, 0.05) is 4.75 Å². The number of carbonyl (C=O) groups is 3. The quantitative estimate of drug-likeness (QED) is 0.675. The molecule has 2 aliphatic rings. The van der Waals surface area contributed by atoms with E-state index in [0.717, 1.165) is 0 Å². The van der Waals surface area contributed by atoms with Crippen molar-refractivity contribution in [1.82, 2.24) is 10.2 Å². The van der Waals surface area contributed by atoms with Gasteiger partial charge in [-0.15, -0.1) is 11.8 Å². The minimum Gasteiger partial charge on any atom is -0.480 e. The van der Waals surface area contributed by atoms with E-state index in [1.54, 1.807) is 38.1 Å². The summed E-state index contributed by atoms with van der Waals surface area (Å²) in [6, 6.07) is 6.38. The molecule has 0 saturated carbocycles. The second kappa shape index (κ2) is 5.78. The topological polar surface area (TPSA) is 113 Å². The lowest BCUT2D eigenvalue weighted by Crippen LogP contribution is -2.71. The van der Waals surface area contributed by atoms with Gasteiger partial charge in [-0.3, -0.25) is 9.59 Å². The Balaban J connectivity index is 1.71. The molecule has 0 aliphatic carbocycles. The Morgan fingerprint density at radius 3 is 2.54 bits per heavy atom. The number of carboxylic acids is 1. The first-order valence-corrected chi connectivity index (χ1v) is 8.45. The van der Waals surface area contributed by atoms with Crippen LogP contribution in [0.2, 0.25) is 0 Å². The molecular weight excluding hydrogens is 330 g/mol. The number of thioether (sulfide) groups is 1. The fraction of sp³-hybridized carbons (Fsp3) is 0.438. The summed E-state index contributed by atoms with van der Waals surface area (Å²) in [7, 11) is 0. The van der Waals surface area contributed by atoms with Gasteiger partial charge in [0.15, 0.2) is 0 Å². The number of β-lactam (4-membered cyclic amide) rings is 1. The zero-order valence-electron chi connectivity index (χ0n) is 13.3. The van der Waals surface area contributed by atoms with Gasteiger partial charge in [-0.2, -0.15) is 0 Å². The van der Waals surface area contributed by atoms with Crippen LogP contribution in [0.15, 0.2) is 30.3 Å². The Bertz CT molecular complexity index is 694. The molecule has 2 amide bonds. The lowest BCUT2D eigenvalue weighted by molar-refractivity contribution is -0.161. The Hall–Kier alpha value is -2.06. The first-order chi connectivity index (χ1) is 11.2. The smallest absolute Gasteiger partial charge is 0.327 e. The van der Waals surface area contributed by atoms with E-state index in [1.807, 2.05) is 6.07 Å². The van der Waals surface area contributed by atoms with Crippen LogP contribution in [0.4, 0.5) is 0 Å². The molecule has 4 N–H and O–H groups in total. The van der Waals surface area contributed by atoms with Crippen molar-refractivity contribution in [2.75, 3.05) is 0 Å². The molecule has 24 heavy (non-hydrogen) atoms. The van der Waals surface area contributed by atoms with Crippen LogP contribution >= 0.6 is 11.8 Å². The molecule has 3 rings (SSSR count). The Morgan fingerprint density at radius 2 is 1.96 bits per heavy atom. The molecule has 0 aromatic heterocycles. The van der Waals surface area contributed by atoms with Gasteiger partial charge in [-0.05, 0) is 19.4 Å². The van der Waals surface area contributed by atoms with E-state index < -0.39 is 34.7 Å². The number of rotatable bonds is 4. The molecule has 8 heteroatoms. The number of nitrogens with one attached hydrogen (secondary N) is 1. The lowest BCUT2D eigenvalue weighted by atomic mass is 9.95. The molecule has 0 radical (unpaired) electrons. The zero-order chi connectivity index (χ0) is 17.6. The molecule has 4 atom stereocenters. The van der Waals surface area contributed by atoms with Crippen molar-refractivity contribution >= 4 is 29.5 Å². The molecule has 1 aromatic carbocycles. The average molecular weight is 349 g/mol. The van der Waals surface area contributed by atoms with E-state index in [2.05, 4.69) is 5.32 Å². The maximum Gasteiger partial charge on any atom is 0.327 e. The maximum absolute atomic E-state index is 12.3. The highest BCUT2D eigenvalue weighted by Gasteiger charge is 2.64. The molecule has 2 fully saturated rings. The highest BCUT2D eigenvalue weighted by molar-refractivity contribution is 8.01. The Morgan fingerprint density at radius 1 is 1.33 bits per heavy atom. The number of hydrogen-bond donors (Lipinski definition) is 3. The lowest BCUT2D eigenvalue weighted by Gasteiger charge is -2.43. The molecule has 2 heterocycles. The summed E-state index contributed by atoms with van der Waals surface area (Å²) in [6.45, 7) is 3.58. The standard InChI is InChI=1S/C16H19N3O4S/c1-16(2)11(15(22)23)19-13(21)10(14(19)24-16)18-12(20)9(17)8-6-4-3-5-7-8/h3-7,9-11,14H,17H2,1-2H3,(H,18,20)(H,22,23)/t9-,10?,11?,14-/m1/s1. The third-order valence-electron chi connectivity index (χ3n) is 4.41. The van der Waals surface area contributed by atoms with Crippen LogP contribution in [0, 0.1) is 0 Å². The number of carbonyl (C=O) groups excluding carboxylic acids is 2. The molecule has 2 aliphatic heterocycles. The molecule has 2 unspecified atom stereocenters. The number of carboxylic acid groups (broad SMARTS) is 1. The van der Waals surface area contributed by atoms with Gasteiger partial charge >= 0.3 is 5.97 Å². The van der Waals surface area contributed by atoms with E-state index in [1.165, 1.54) is 16.7 Å². The number of benzene rings is 1. The average Bonchev–Trinajstić information content (AvgIpc) is 2.80. The summed E-state index contributed by atoms with van der Waals surface area (Å²) in [5.74, 6) is -1.86. The summed E-state index contributed by atoms with van der Waals surface area (Å²) in [4.78, 5) is 37.5. The maximum atomic E-state index is 12.3. The Labute approximate surface area is 143 Å². The van der Waals surface area contributed by atoms with E-state index in [-0.39, 0.29) is 11.3 Å². The van der Waals surface area contributed by atoms with Crippen molar-refractivity contribution in [3.63, 3.8) is 0 Å². The summed E-state index contributed by atoms with van der Waals surface area (Å²) >= 11 is 1.38. The van der Waals surface area contributed by atoms with Crippen LogP contribution in [0.5, 0.6) is 0 Å². The normalized spacial score (nSPS) is 28.7. The summed E-state index contributed by atoms with van der Waals surface area (Å²) < 4.78 is -0.618. The monoisotopic (exact) mass is 349 g/mol. The SMILES string of the molecule is CC1(C)S[C@@H]2C(NC(=O)[C@H](N)c3ccccc3)C(=O)N2C1C(=O)O. The fourth-order valence-corrected chi connectivity index (χ4v) is 4.83. The van der Waals surface area contributed by atoms with Crippen molar-refractivity contribution in [3.8, 4) is 0 Å². The van der Waals surface area contributed by atoms with Crippen LogP contribution in [0.3, 0.4) is 0 Å². The summed E-state index contributed by atoms with van der Waals surface area (Å²) in [5.41, 5.74) is 6.59. The molecule has 0 spiro atoms. The molecule has 7 nitrogen and oxygen atoms in total. The van der Waals surface area contributed by atoms with Gasteiger partial charge < -0.3 is 21.1 Å². The number of hydrogen-bond acceptors (Lipinski definition) is 5. The van der Waals surface area contributed by atoms with Gasteiger partial charge in [0.05, 0.1) is 0 Å². The molecular formula is C16H19N3O4S. The van der Waals surface area contributed by atoms with E-state index >= 15 is 0 Å². The largest absolute Gasteiger partial charge is 0.480 e. The van der Waals surface area contributed by atoms with Crippen LogP contribution in [0.1, 0.15) is 25.5 Å².